The molecule has 2 N–H and O–H groups in total. The number of carbonyl (C=O) groups excluding carboxylic acids is 2. The fourth-order valence-corrected chi connectivity index (χ4v) is 4.51. The average Bonchev–Trinajstić information content (AvgIpc) is 2.84. The van der Waals surface area contributed by atoms with Crippen LogP contribution in [0, 0.1) is 0 Å². The van der Waals surface area contributed by atoms with E-state index in [1.54, 1.807) is 12.1 Å². The smallest absolute Gasteiger partial charge is 0.227 e. The number of ketones is 2. The first kappa shape index (κ1) is 29.2. The molecule has 0 fully saturated rings. The van der Waals surface area contributed by atoms with Gasteiger partial charge in [0.15, 0.2) is 11.5 Å². The largest absolute Gasteiger partial charge is 0.508 e. The van der Waals surface area contributed by atoms with Gasteiger partial charge in [-0.1, -0.05) is 50.7 Å². The fraction of sp³-hybridized carbons (Fsp3) is 0.533. The normalized spacial score (nSPS) is 14.0. The number of rotatable bonds is 18. The Morgan fingerprint density at radius 1 is 0.694 bits per heavy atom. The number of carbonyl (C=O) groups is 2. The Labute approximate surface area is 215 Å². The number of unbranched alkanes of at least 4 members (excludes halogenated alkanes) is 10. The van der Waals surface area contributed by atoms with Crippen LogP contribution >= 0.6 is 0 Å². The van der Waals surface area contributed by atoms with Gasteiger partial charge in [-0.2, -0.15) is 0 Å². The van der Waals surface area contributed by atoms with Gasteiger partial charge in [0.2, 0.25) is 11.6 Å². The maximum atomic E-state index is 12.4. The van der Waals surface area contributed by atoms with Gasteiger partial charge in [0.05, 0.1) is 14.2 Å². The van der Waals surface area contributed by atoms with E-state index in [4.69, 9.17) is 9.47 Å². The van der Waals surface area contributed by atoms with Crippen molar-refractivity contribution in [3.05, 3.63) is 59.1 Å². The molecule has 0 aliphatic heterocycles. The number of phenolic OH excluding ortho intramolecular Hbond substituents is 2. The van der Waals surface area contributed by atoms with Crippen LogP contribution in [0.1, 0.15) is 89.0 Å². The van der Waals surface area contributed by atoms with Crippen LogP contribution in [0.5, 0.6) is 11.5 Å². The van der Waals surface area contributed by atoms with Crippen LogP contribution in [0.3, 0.4) is 0 Å². The van der Waals surface area contributed by atoms with Gasteiger partial charge in [-0.3, -0.25) is 9.59 Å². The summed E-state index contributed by atoms with van der Waals surface area (Å²) in [5.74, 6) is -0.0481. The van der Waals surface area contributed by atoms with Gasteiger partial charge < -0.3 is 19.7 Å². The van der Waals surface area contributed by atoms with Gasteiger partial charge in [-0.15, -0.1) is 0 Å². The summed E-state index contributed by atoms with van der Waals surface area (Å²) in [5.41, 5.74) is 1.42. The average molecular weight is 499 g/mol. The molecule has 0 amide bonds. The van der Waals surface area contributed by atoms with E-state index in [0.29, 0.717) is 12.0 Å². The summed E-state index contributed by atoms with van der Waals surface area (Å²) in [6, 6.07) is 4.80. The van der Waals surface area contributed by atoms with Crippen molar-refractivity contribution in [2.45, 2.75) is 89.9 Å². The number of ether oxygens (including phenoxy) is 2. The van der Waals surface area contributed by atoms with Crippen LogP contribution in [0.15, 0.2) is 53.5 Å². The van der Waals surface area contributed by atoms with Crippen LogP contribution in [-0.2, 0) is 25.5 Å². The van der Waals surface area contributed by atoms with Gasteiger partial charge in [0.25, 0.3) is 0 Å². The zero-order valence-electron chi connectivity index (χ0n) is 21.9. The summed E-state index contributed by atoms with van der Waals surface area (Å²) in [5, 5.41) is 19.0. The van der Waals surface area contributed by atoms with Crippen LogP contribution in [0.4, 0.5) is 0 Å². The number of Topliss-reactive ketones (excluding diaryl/α,β-unsaturated/α-hetero) is 1. The Hall–Kier alpha value is -3.02. The molecule has 2 rings (SSSR count). The summed E-state index contributed by atoms with van der Waals surface area (Å²) in [7, 11) is 2.83. The molecule has 0 unspecified atom stereocenters. The summed E-state index contributed by atoms with van der Waals surface area (Å²) in [6.45, 7) is 0. The zero-order valence-corrected chi connectivity index (χ0v) is 21.9. The first-order valence-electron chi connectivity index (χ1n) is 13.2. The Bertz CT molecular complexity index is 921. The molecule has 6 nitrogen and oxygen atoms in total. The van der Waals surface area contributed by atoms with Gasteiger partial charge >= 0.3 is 0 Å². The Kier molecular flexibility index (Phi) is 13.5. The standard InChI is InChI=1S/C30H42O6/c1-35-28-22-27(33)30(36-2)26(29(28)34)18-16-14-12-10-8-6-4-3-5-7-9-11-13-15-17-23-19-24(31)21-25(32)20-23/h3-4,19-22,31-32H,5-18H2,1-2H3/b4-3-. The zero-order chi connectivity index (χ0) is 26.2. The van der Waals surface area contributed by atoms with Crippen molar-refractivity contribution in [3.63, 3.8) is 0 Å². The quantitative estimate of drug-likeness (QED) is 0.131. The molecule has 1 aromatic carbocycles. The lowest BCUT2D eigenvalue weighted by Crippen LogP contribution is -2.21. The van der Waals surface area contributed by atoms with Crippen molar-refractivity contribution in [1.29, 1.82) is 0 Å². The van der Waals surface area contributed by atoms with Gasteiger partial charge in [0.1, 0.15) is 11.5 Å². The molecule has 0 bridgehead atoms. The third-order valence-corrected chi connectivity index (χ3v) is 6.44. The number of hydrogen-bond donors (Lipinski definition) is 2. The molecule has 0 heterocycles. The third-order valence-electron chi connectivity index (χ3n) is 6.44. The van der Waals surface area contributed by atoms with E-state index in [0.717, 1.165) is 56.9 Å². The van der Waals surface area contributed by atoms with Crippen molar-refractivity contribution in [2.24, 2.45) is 0 Å². The molecule has 36 heavy (non-hydrogen) atoms. The molecule has 1 aliphatic carbocycles. The first-order valence-corrected chi connectivity index (χ1v) is 13.2. The van der Waals surface area contributed by atoms with Gasteiger partial charge in [-0.05, 0) is 69.1 Å². The summed E-state index contributed by atoms with van der Waals surface area (Å²) in [4.78, 5) is 24.5. The summed E-state index contributed by atoms with van der Waals surface area (Å²) >= 11 is 0. The molecule has 0 atom stereocenters. The fourth-order valence-electron chi connectivity index (χ4n) is 4.51. The minimum absolute atomic E-state index is 0.0921. The van der Waals surface area contributed by atoms with Crippen molar-refractivity contribution in [3.8, 4) is 11.5 Å². The topological polar surface area (TPSA) is 93.1 Å². The number of aromatic hydroxyl groups is 2. The van der Waals surface area contributed by atoms with E-state index in [9.17, 15) is 19.8 Å². The highest BCUT2D eigenvalue weighted by molar-refractivity contribution is 6.21. The Balaban J connectivity index is 1.44. The first-order chi connectivity index (χ1) is 17.5. The summed E-state index contributed by atoms with van der Waals surface area (Å²) < 4.78 is 10.2. The lowest BCUT2D eigenvalue weighted by Gasteiger charge is -2.17. The van der Waals surface area contributed by atoms with Crippen molar-refractivity contribution in [1.82, 2.24) is 0 Å². The van der Waals surface area contributed by atoms with Crippen molar-refractivity contribution >= 4 is 11.6 Å². The van der Waals surface area contributed by atoms with E-state index < -0.39 is 0 Å². The van der Waals surface area contributed by atoms with Crippen LogP contribution in [-0.4, -0.2) is 36.0 Å². The molecule has 0 saturated heterocycles. The number of phenols is 2. The summed E-state index contributed by atoms with van der Waals surface area (Å²) in [6.07, 6.45) is 20.6. The molecule has 0 saturated carbocycles. The highest BCUT2D eigenvalue weighted by atomic mass is 16.5. The van der Waals surface area contributed by atoms with Crippen LogP contribution in [0.25, 0.3) is 0 Å². The molecule has 0 spiro atoms. The monoisotopic (exact) mass is 498 g/mol. The minimum Gasteiger partial charge on any atom is -0.508 e. The molecule has 0 aromatic heterocycles. The van der Waals surface area contributed by atoms with Crippen LogP contribution in [0.2, 0.25) is 0 Å². The molecule has 198 valence electrons. The second kappa shape index (κ2) is 16.6. The predicted octanol–water partition coefficient (Wildman–Crippen LogP) is 6.85. The van der Waals surface area contributed by atoms with Crippen LogP contribution < -0.4 is 0 Å². The highest BCUT2D eigenvalue weighted by Gasteiger charge is 2.29. The number of aryl methyl sites for hydroxylation is 1. The second-order valence-corrected chi connectivity index (χ2v) is 9.36. The van der Waals surface area contributed by atoms with Crippen molar-refractivity contribution < 1.29 is 29.3 Å². The number of benzene rings is 1. The second-order valence-electron chi connectivity index (χ2n) is 9.36. The molecule has 6 heteroatoms. The molecule has 1 aromatic rings. The van der Waals surface area contributed by atoms with E-state index in [1.807, 2.05) is 0 Å². The number of hydrogen-bond acceptors (Lipinski definition) is 6. The number of methoxy groups -OCH3 is 2. The van der Waals surface area contributed by atoms with Gasteiger partial charge in [-0.25, -0.2) is 0 Å². The highest BCUT2D eigenvalue weighted by Crippen LogP contribution is 2.25. The van der Waals surface area contributed by atoms with E-state index >= 15 is 0 Å². The van der Waals surface area contributed by atoms with E-state index in [1.165, 1.54) is 58.5 Å². The third kappa shape index (κ3) is 10.3. The maximum Gasteiger partial charge on any atom is 0.227 e. The Morgan fingerprint density at radius 2 is 1.22 bits per heavy atom. The van der Waals surface area contributed by atoms with Gasteiger partial charge in [0, 0.05) is 17.7 Å². The predicted molar refractivity (Wildman–Crippen MR) is 142 cm³/mol. The van der Waals surface area contributed by atoms with Crippen molar-refractivity contribution in [2.75, 3.05) is 14.2 Å². The molecular weight excluding hydrogens is 456 g/mol. The molecular formula is C30H42O6. The SMILES string of the molecule is COC1=CC(=O)C(OC)=C(CCCCCCC/C=C\CCCCCCCc2cc(O)cc(O)c2)C1=O. The number of allylic oxidation sites excluding steroid dienone is 4. The molecule has 0 radical (unpaired) electrons. The lowest BCUT2D eigenvalue weighted by atomic mass is 9.94. The molecule has 1 aliphatic rings. The Morgan fingerprint density at radius 3 is 1.78 bits per heavy atom. The van der Waals surface area contributed by atoms with E-state index in [2.05, 4.69) is 12.2 Å². The maximum absolute atomic E-state index is 12.4. The lowest BCUT2D eigenvalue weighted by molar-refractivity contribution is -0.120. The van der Waals surface area contributed by atoms with E-state index in [-0.39, 0.29) is 34.6 Å². The minimum atomic E-state index is -0.303.